The second kappa shape index (κ2) is 13.1. The maximum atomic E-state index is 13.8. The summed E-state index contributed by atoms with van der Waals surface area (Å²) in [5.74, 6) is -3.29. The van der Waals surface area contributed by atoms with Gasteiger partial charge in [0, 0.05) is 12.6 Å². The van der Waals surface area contributed by atoms with Gasteiger partial charge in [0.05, 0.1) is 17.8 Å². The third-order valence-electron chi connectivity index (χ3n) is 7.43. The highest BCUT2D eigenvalue weighted by atomic mass is 16.2. The van der Waals surface area contributed by atoms with Gasteiger partial charge in [-0.05, 0) is 43.1 Å². The van der Waals surface area contributed by atoms with E-state index >= 15 is 0 Å². The van der Waals surface area contributed by atoms with Crippen LogP contribution in [-0.4, -0.2) is 75.9 Å². The Labute approximate surface area is 238 Å². The van der Waals surface area contributed by atoms with Crippen molar-refractivity contribution in [2.24, 2.45) is 17.1 Å². The van der Waals surface area contributed by atoms with Crippen molar-refractivity contribution in [2.75, 3.05) is 6.54 Å². The van der Waals surface area contributed by atoms with Crippen molar-refractivity contribution >= 4 is 35.3 Å². The van der Waals surface area contributed by atoms with Crippen LogP contribution < -0.4 is 27.2 Å². The van der Waals surface area contributed by atoms with Gasteiger partial charge in [-0.25, -0.2) is 4.79 Å². The zero-order valence-electron chi connectivity index (χ0n) is 24.0. The Morgan fingerprint density at radius 1 is 1.02 bits per heavy atom. The number of nitrogens with one attached hydrogen (secondary N) is 4. The summed E-state index contributed by atoms with van der Waals surface area (Å²) in [6.45, 7) is 7.24. The summed E-state index contributed by atoms with van der Waals surface area (Å²) >= 11 is 0. The predicted molar refractivity (Wildman–Crippen MR) is 149 cm³/mol. The number of urea groups is 1. The van der Waals surface area contributed by atoms with Crippen LogP contribution >= 0.6 is 0 Å². The van der Waals surface area contributed by atoms with E-state index in [4.69, 9.17) is 5.73 Å². The summed E-state index contributed by atoms with van der Waals surface area (Å²) in [5, 5.41) is 7.89. The number of rotatable bonds is 12. The van der Waals surface area contributed by atoms with Gasteiger partial charge in [0.25, 0.3) is 5.91 Å². The summed E-state index contributed by atoms with van der Waals surface area (Å²) < 4.78 is 0. The lowest BCUT2D eigenvalue weighted by molar-refractivity contribution is -0.143. The van der Waals surface area contributed by atoms with Gasteiger partial charge in [0.2, 0.25) is 28.9 Å². The lowest BCUT2D eigenvalue weighted by atomic mass is 9.85. The van der Waals surface area contributed by atoms with Crippen molar-refractivity contribution in [2.45, 2.75) is 90.4 Å². The molecule has 5 amide bonds. The maximum absolute atomic E-state index is 13.8. The van der Waals surface area contributed by atoms with E-state index < -0.39 is 70.5 Å². The molecule has 0 spiro atoms. The molecular weight excluding hydrogens is 532 g/mol. The van der Waals surface area contributed by atoms with Gasteiger partial charge >= 0.3 is 6.03 Å². The van der Waals surface area contributed by atoms with Crippen molar-refractivity contribution in [3.05, 3.63) is 34.2 Å². The lowest BCUT2D eigenvalue weighted by Crippen LogP contribution is -2.60. The summed E-state index contributed by atoms with van der Waals surface area (Å²) in [4.78, 5) is 92.2. The topological polar surface area (TPSA) is 201 Å². The standard InChI is InChI=1S/C28H40N6O7/c1-5-16(21(36)17-8-6-10-20(35)30-17)32-27(41)33-23(28(2,3)4)26(40)34-13-7-9-19(34)25(39)31-18(14-15-11-12-15)22(37)24(29)38/h6,8,10,15-16,18-19,23H,5,7,9,11-14H2,1-4H3,(H2,29,38)(H,30,35)(H,31,39)(H2,32,33,41)/t16?,18?,19-,23?/m0/s1. The van der Waals surface area contributed by atoms with E-state index in [1.54, 1.807) is 27.7 Å². The van der Waals surface area contributed by atoms with Crippen LogP contribution in [0.5, 0.6) is 0 Å². The number of H-pyrrole nitrogens is 1. The van der Waals surface area contributed by atoms with Gasteiger partial charge in [-0.1, -0.05) is 46.6 Å². The van der Waals surface area contributed by atoms with E-state index in [1.807, 2.05) is 0 Å². The van der Waals surface area contributed by atoms with Crippen molar-refractivity contribution in [3.63, 3.8) is 0 Å². The number of primary amides is 1. The first-order chi connectivity index (χ1) is 19.2. The number of ketones is 2. The van der Waals surface area contributed by atoms with Gasteiger partial charge in [-0.15, -0.1) is 0 Å². The van der Waals surface area contributed by atoms with Crippen LogP contribution in [0.25, 0.3) is 0 Å². The highest BCUT2D eigenvalue weighted by Gasteiger charge is 2.43. The molecule has 1 saturated carbocycles. The zero-order valence-corrected chi connectivity index (χ0v) is 24.0. The summed E-state index contributed by atoms with van der Waals surface area (Å²) in [6.07, 6.45) is 3.24. The van der Waals surface area contributed by atoms with Crippen molar-refractivity contribution in [1.29, 1.82) is 0 Å². The molecule has 2 aliphatic rings. The van der Waals surface area contributed by atoms with Crippen LogP contribution in [0.2, 0.25) is 0 Å². The van der Waals surface area contributed by atoms with Crippen LogP contribution in [-0.2, 0) is 19.2 Å². The molecule has 1 aliphatic heterocycles. The number of aromatic nitrogens is 1. The second-order valence-electron chi connectivity index (χ2n) is 11.8. The molecule has 0 aromatic carbocycles. The Morgan fingerprint density at radius 2 is 1.71 bits per heavy atom. The molecule has 1 aromatic heterocycles. The maximum Gasteiger partial charge on any atom is 0.316 e. The largest absolute Gasteiger partial charge is 0.363 e. The van der Waals surface area contributed by atoms with E-state index in [-0.39, 0.29) is 24.6 Å². The molecule has 13 heteroatoms. The van der Waals surface area contributed by atoms with Gasteiger partial charge < -0.3 is 31.6 Å². The number of amides is 5. The van der Waals surface area contributed by atoms with Gasteiger partial charge in [-0.2, -0.15) is 0 Å². The SMILES string of the molecule is CCC(NC(=O)NC(C(=O)N1CCC[C@H]1C(=O)NC(CC1CC1)C(=O)C(N)=O)C(C)(C)C)C(=O)c1cccc(=O)[nH]1. The molecule has 0 bridgehead atoms. The second-order valence-corrected chi connectivity index (χ2v) is 11.8. The quantitative estimate of drug-likeness (QED) is 0.176. The Hall–Kier alpha value is -4.03. The molecule has 2 fully saturated rings. The normalized spacial score (nSPS) is 19.0. The summed E-state index contributed by atoms with van der Waals surface area (Å²) in [7, 11) is 0. The predicted octanol–water partition coefficient (Wildman–Crippen LogP) is 0.380. The molecule has 1 aromatic rings. The van der Waals surface area contributed by atoms with Crippen LogP contribution in [0.3, 0.4) is 0 Å². The Kier molecular flexibility index (Phi) is 10.1. The zero-order chi connectivity index (χ0) is 30.5. The van der Waals surface area contributed by atoms with Gasteiger partial charge in [0.15, 0.2) is 0 Å². The molecule has 3 unspecified atom stereocenters. The Balaban J connectivity index is 1.71. The highest BCUT2D eigenvalue weighted by molar-refractivity contribution is 6.37. The number of carbonyl (C=O) groups is 6. The number of pyridine rings is 1. The highest BCUT2D eigenvalue weighted by Crippen LogP contribution is 2.34. The van der Waals surface area contributed by atoms with E-state index in [1.165, 1.54) is 23.1 Å². The molecule has 0 radical (unpaired) electrons. The third kappa shape index (κ3) is 8.24. The van der Waals surface area contributed by atoms with Crippen molar-refractivity contribution in [1.82, 2.24) is 25.8 Å². The number of carbonyl (C=O) groups excluding carboxylic acids is 6. The monoisotopic (exact) mass is 572 g/mol. The third-order valence-corrected chi connectivity index (χ3v) is 7.43. The van der Waals surface area contributed by atoms with E-state index in [0.29, 0.717) is 19.3 Å². The fourth-order valence-corrected chi connectivity index (χ4v) is 4.94. The number of aromatic amines is 1. The average Bonchev–Trinajstić information content (AvgIpc) is 3.59. The lowest BCUT2D eigenvalue weighted by Gasteiger charge is -2.36. The van der Waals surface area contributed by atoms with E-state index in [2.05, 4.69) is 20.9 Å². The fourth-order valence-electron chi connectivity index (χ4n) is 4.94. The number of nitrogens with zero attached hydrogens (tertiary/aromatic N) is 1. The molecule has 13 nitrogen and oxygen atoms in total. The minimum atomic E-state index is -1.12. The van der Waals surface area contributed by atoms with E-state index in [9.17, 15) is 33.6 Å². The minimum absolute atomic E-state index is 0.0498. The van der Waals surface area contributed by atoms with Gasteiger partial charge in [0.1, 0.15) is 12.1 Å². The Morgan fingerprint density at radius 3 is 2.27 bits per heavy atom. The molecular formula is C28H40N6O7. The number of hydrogen-bond acceptors (Lipinski definition) is 7. The van der Waals surface area contributed by atoms with Crippen molar-refractivity contribution < 1.29 is 28.8 Å². The first-order valence-electron chi connectivity index (χ1n) is 14.0. The molecule has 3 rings (SSSR count). The first kappa shape index (κ1) is 31.5. The molecule has 1 saturated heterocycles. The number of nitrogens with two attached hydrogens (primary N) is 1. The number of Topliss-reactive ketones (excluding diaryl/α,β-unsaturated/α-hetero) is 2. The summed E-state index contributed by atoms with van der Waals surface area (Å²) in [5.41, 5.74) is 4.02. The molecule has 1 aliphatic carbocycles. The number of likely N-dealkylation sites (tertiary alicyclic amines) is 1. The van der Waals surface area contributed by atoms with Crippen LogP contribution in [0.15, 0.2) is 23.0 Å². The summed E-state index contributed by atoms with van der Waals surface area (Å²) in [6, 6.07) is -0.559. The molecule has 6 N–H and O–H groups in total. The smallest absolute Gasteiger partial charge is 0.316 e. The molecule has 4 atom stereocenters. The molecule has 41 heavy (non-hydrogen) atoms. The van der Waals surface area contributed by atoms with Crippen LogP contribution in [0.4, 0.5) is 4.79 Å². The molecule has 2 heterocycles. The minimum Gasteiger partial charge on any atom is -0.363 e. The van der Waals surface area contributed by atoms with Crippen LogP contribution in [0.1, 0.15) is 76.7 Å². The van der Waals surface area contributed by atoms with Gasteiger partial charge in [-0.3, -0.25) is 28.8 Å². The fraction of sp³-hybridized carbons (Fsp3) is 0.607. The van der Waals surface area contributed by atoms with Crippen molar-refractivity contribution in [3.8, 4) is 0 Å². The van der Waals surface area contributed by atoms with E-state index in [0.717, 1.165) is 12.8 Å². The number of hydrogen-bond donors (Lipinski definition) is 5. The van der Waals surface area contributed by atoms with Crippen LogP contribution in [0, 0.1) is 11.3 Å². The first-order valence-corrected chi connectivity index (χ1v) is 14.0. The Bertz CT molecular complexity index is 1250. The molecule has 224 valence electrons. The average molecular weight is 573 g/mol.